The normalized spacial score (nSPS) is 16.6. The van der Waals surface area contributed by atoms with E-state index in [0.717, 1.165) is 35.8 Å². The lowest BCUT2D eigenvalue weighted by Crippen LogP contribution is -2.43. The van der Waals surface area contributed by atoms with E-state index in [4.69, 9.17) is 33.6 Å². The number of aryl methyl sites for hydroxylation is 1. The number of hydrogen-bond acceptors (Lipinski definition) is 13. The van der Waals surface area contributed by atoms with Crippen molar-refractivity contribution in [3.8, 4) is 17.2 Å². The number of carbonyl (C=O) groups excluding carboxylic acids is 3. The first kappa shape index (κ1) is 40.7. The van der Waals surface area contributed by atoms with Crippen LogP contribution >= 0.6 is 11.3 Å². The number of ether oxygens (including phenoxy) is 3. The molecule has 2 N–H and O–H groups in total. The predicted molar refractivity (Wildman–Crippen MR) is 205 cm³/mol. The third-order valence-electron chi connectivity index (χ3n) is 9.65. The number of anilines is 1. The monoisotopic (exact) mass is 779 g/mol. The lowest BCUT2D eigenvalue weighted by molar-refractivity contribution is -0.131. The zero-order valence-corrected chi connectivity index (χ0v) is 32.9. The van der Waals surface area contributed by atoms with E-state index < -0.39 is 0 Å². The average molecular weight is 780 g/mol. The van der Waals surface area contributed by atoms with Gasteiger partial charge in [0.15, 0.2) is 17.2 Å². The van der Waals surface area contributed by atoms with Crippen molar-refractivity contribution in [2.45, 2.75) is 58.9 Å². The van der Waals surface area contributed by atoms with Gasteiger partial charge in [-0.05, 0) is 31.7 Å². The topological polar surface area (TPSA) is 190 Å². The van der Waals surface area contributed by atoms with E-state index in [0.29, 0.717) is 52.7 Å². The Morgan fingerprint density at radius 2 is 1.80 bits per heavy atom. The fourth-order valence-corrected chi connectivity index (χ4v) is 7.47. The van der Waals surface area contributed by atoms with Crippen LogP contribution < -0.4 is 24.4 Å². The number of carbonyl (C=O) groups is 4. The first-order valence-electron chi connectivity index (χ1n) is 18.2. The number of methoxy groups -OCH3 is 3. The summed E-state index contributed by atoms with van der Waals surface area (Å²) in [5, 5.41) is 17.6. The predicted octanol–water partition coefficient (Wildman–Crippen LogP) is 4.29. The Hall–Kier alpha value is -5.45. The lowest BCUT2D eigenvalue weighted by atomic mass is 9.97. The molecular formula is C38H49N7O9S. The molecule has 0 radical (unpaired) electrons. The molecule has 17 heteroatoms. The van der Waals surface area contributed by atoms with Gasteiger partial charge in [-0.2, -0.15) is 0 Å². The summed E-state index contributed by atoms with van der Waals surface area (Å²) >= 11 is 1.48. The highest BCUT2D eigenvalue weighted by Gasteiger charge is 2.30. The number of rotatable bonds is 7. The number of aromatic nitrogens is 3. The van der Waals surface area contributed by atoms with Crippen LogP contribution in [-0.2, 0) is 27.3 Å². The van der Waals surface area contributed by atoms with E-state index in [1.54, 1.807) is 37.2 Å². The van der Waals surface area contributed by atoms with Crippen molar-refractivity contribution in [1.82, 2.24) is 30.2 Å². The molecule has 2 bridgehead atoms. The second-order valence-electron chi connectivity index (χ2n) is 13.7. The summed E-state index contributed by atoms with van der Waals surface area (Å²) in [6.07, 6.45) is 2.10. The Morgan fingerprint density at radius 1 is 1.05 bits per heavy atom. The van der Waals surface area contributed by atoms with E-state index in [-0.39, 0.29) is 80.7 Å². The van der Waals surface area contributed by atoms with Crippen LogP contribution in [0.5, 0.6) is 17.2 Å². The summed E-state index contributed by atoms with van der Waals surface area (Å²) in [7, 11) is 4.69. The highest BCUT2D eigenvalue weighted by molar-refractivity contribution is 7.09. The third kappa shape index (κ3) is 9.81. The van der Waals surface area contributed by atoms with Crippen molar-refractivity contribution < 1.29 is 43.0 Å². The molecule has 1 atom stereocenters. The van der Waals surface area contributed by atoms with Crippen LogP contribution in [0.15, 0.2) is 28.1 Å². The standard InChI is InChI=1S/C37H47N7O7S.CH2O2/c1-22(2)30-17-29(41-51-30)37(47)44-13-12-42(33(46)15-26-21-52-23(3)39-26)11-9-32(45)38-18-24-8-7-10-43(19-24)36-25(20-44)14-27-28(40-36)16-31(48-4)35(50-6)34(27)49-5;2-1-3/h14,16-17,21-22,24H,7-13,15,18-20H2,1-6H3,(H,38,45);1H,(H,2,3). The number of thiazole rings is 1. The number of pyridine rings is 1. The van der Waals surface area contributed by atoms with Crippen molar-refractivity contribution in [3.63, 3.8) is 0 Å². The molecule has 4 aromatic rings. The van der Waals surface area contributed by atoms with Gasteiger partial charge in [-0.1, -0.05) is 19.0 Å². The van der Waals surface area contributed by atoms with Crippen LogP contribution in [0, 0.1) is 12.8 Å². The van der Waals surface area contributed by atoms with Crippen molar-refractivity contribution in [1.29, 1.82) is 0 Å². The Kier molecular flexibility index (Phi) is 13.9. The SMILES string of the molecule is COc1cc2nc3c(cc2c(OC)c1OC)CN(C(=O)c1cc(C(C)C)on1)CCN(C(=O)Cc1csc(C)n1)CCC(=O)NCC1CCCN3C1.O=CO. The number of nitrogens with one attached hydrogen (secondary N) is 1. The van der Waals surface area contributed by atoms with Crippen LogP contribution in [0.3, 0.4) is 0 Å². The third-order valence-corrected chi connectivity index (χ3v) is 10.5. The highest BCUT2D eigenvalue weighted by atomic mass is 32.1. The van der Waals surface area contributed by atoms with E-state index in [2.05, 4.69) is 20.4 Å². The van der Waals surface area contributed by atoms with Gasteiger partial charge in [-0.15, -0.1) is 11.3 Å². The number of hydrogen-bond donors (Lipinski definition) is 2. The molecule has 2 aliphatic heterocycles. The minimum Gasteiger partial charge on any atom is -0.493 e. The van der Waals surface area contributed by atoms with Crippen LogP contribution in [-0.4, -0.2) is 115 Å². The van der Waals surface area contributed by atoms with Crippen molar-refractivity contribution in [3.05, 3.63) is 51.3 Å². The Balaban J connectivity index is 0.00000187. The van der Waals surface area contributed by atoms with Gasteiger partial charge in [0.2, 0.25) is 17.6 Å². The molecule has 1 fully saturated rings. The van der Waals surface area contributed by atoms with Gasteiger partial charge in [0.1, 0.15) is 11.6 Å². The van der Waals surface area contributed by atoms with Crippen molar-refractivity contribution in [2.75, 3.05) is 65.5 Å². The van der Waals surface area contributed by atoms with Gasteiger partial charge in [-0.3, -0.25) is 19.2 Å². The molecular weight excluding hydrogens is 731 g/mol. The molecule has 16 nitrogen and oxygen atoms in total. The maximum atomic E-state index is 14.4. The molecule has 1 saturated heterocycles. The van der Waals surface area contributed by atoms with Crippen molar-refractivity contribution in [2.24, 2.45) is 5.92 Å². The number of amides is 3. The molecule has 2 aliphatic rings. The first-order valence-corrected chi connectivity index (χ1v) is 19.0. The largest absolute Gasteiger partial charge is 0.493 e. The molecule has 55 heavy (non-hydrogen) atoms. The Bertz CT molecular complexity index is 1980. The van der Waals surface area contributed by atoms with Gasteiger partial charge in [0.25, 0.3) is 12.4 Å². The maximum Gasteiger partial charge on any atom is 0.290 e. The molecule has 0 saturated carbocycles. The molecule has 1 unspecified atom stereocenters. The second kappa shape index (κ2) is 18.7. The molecule has 3 aromatic heterocycles. The van der Waals surface area contributed by atoms with Crippen molar-refractivity contribution >= 4 is 52.3 Å². The van der Waals surface area contributed by atoms with Crippen LogP contribution in [0.25, 0.3) is 10.9 Å². The molecule has 0 aliphatic carbocycles. The lowest BCUT2D eigenvalue weighted by Gasteiger charge is -2.35. The minimum absolute atomic E-state index is 0.0355. The van der Waals surface area contributed by atoms with E-state index in [1.165, 1.54) is 11.3 Å². The average Bonchev–Trinajstić information content (AvgIpc) is 3.84. The summed E-state index contributed by atoms with van der Waals surface area (Å²) in [4.78, 5) is 64.9. The molecule has 3 amide bonds. The Labute approximate surface area is 323 Å². The van der Waals surface area contributed by atoms with Gasteiger partial charge in [0.05, 0.1) is 44.0 Å². The number of benzene rings is 1. The quantitative estimate of drug-likeness (QED) is 0.253. The van der Waals surface area contributed by atoms with Gasteiger partial charge in [-0.25, -0.2) is 9.97 Å². The molecule has 6 rings (SSSR count). The summed E-state index contributed by atoms with van der Waals surface area (Å²) in [6, 6.07) is 5.50. The molecule has 0 spiro atoms. The van der Waals surface area contributed by atoms with Crippen LogP contribution in [0.1, 0.15) is 71.5 Å². The van der Waals surface area contributed by atoms with Gasteiger partial charge >= 0.3 is 0 Å². The number of carboxylic acid groups (broad SMARTS) is 1. The number of piperidine rings is 1. The first-order chi connectivity index (χ1) is 26.5. The number of fused-ring (bicyclic) bond motifs is 5. The van der Waals surface area contributed by atoms with Gasteiger partial charge < -0.3 is 43.9 Å². The summed E-state index contributed by atoms with van der Waals surface area (Å²) < 4.78 is 22.8. The number of nitrogens with zero attached hydrogens (tertiary/aromatic N) is 6. The zero-order valence-electron chi connectivity index (χ0n) is 32.1. The molecule has 1 aromatic carbocycles. The van der Waals surface area contributed by atoms with Gasteiger partial charge in [0, 0.05) is 86.6 Å². The fourth-order valence-electron chi connectivity index (χ4n) is 6.86. The summed E-state index contributed by atoms with van der Waals surface area (Å²) in [5.74, 6) is 2.29. The smallest absolute Gasteiger partial charge is 0.290 e. The molecule has 5 heterocycles. The zero-order chi connectivity index (χ0) is 39.6. The second-order valence-corrected chi connectivity index (χ2v) is 14.8. The van der Waals surface area contributed by atoms with E-state index in [9.17, 15) is 14.4 Å². The van der Waals surface area contributed by atoms with Crippen LogP contribution in [0.2, 0.25) is 0 Å². The molecule has 296 valence electrons. The van der Waals surface area contributed by atoms with E-state index >= 15 is 0 Å². The van der Waals surface area contributed by atoms with E-state index in [1.807, 2.05) is 38.3 Å². The summed E-state index contributed by atoms with van der Waals surface area (Å²) in [6.45, 7) is 8.24. The Morgan fingerprint density at radius 3 is 2.45 bits per heavy atom. The minimum atomic E-state index is -0.345. The fraction of sp³-hybridized carbons (Fsp3) is 0.500. The maximum absolute atomic E-state index is 14.4. The summed E-state index contributed by atoms with van der Waals surface area (Å²) in [5.41, 5.74) is 2.29. The highest BCUT2D eigenvalue weighted by Crippen LogP contribution is 2.44. The van der Waals surface area contributed by atoms with Crippen LogP contribution in [0.4, 0.5) is 5.82 Å².